The van der Waals surface area contributed by atoms with Gasteiger partial charge in [-0.05, 0) is 29.8 Å². The van der Waals surface area contributed by atoms with E-state index in [4.69, 9.17) is 34.8 Å². The maximum atomic E-state index is 12.1. The highest BCUT2D eigenvalue weighted by Gasteiger charge is 2.10. The molecule has 0 aliphatic heterocycles. The van der Waals surface area contributed by atoms with Crippen LogP contribution in [0.15, 0.2) is 42.5 Å². The van der Waals surface area contributed by atoms with Crippen molar-refractivity contribution in [2.45, 2.75) is 5.75 Å². The van der Waals surface area contributed by atoms with Gasteiger partial charge in [-0.2, -0.15) is 0 Å². The number of benzene rings is 2. The van der Waals surface area contributed by atoms with Gasteiger partial charge in [0.15, 0.2) is 0 Å². The second-order valence-corrected chi connectivity index (χ2v) is 8.44. The molecule has 1 aromatic heterocycles. The summed E-state index contributed by atoms with van der Waals surface area (Å²) >= 11 is 20.6. The van der Waals surface area contributed by atoms with Crippen molar-refractivity contribution in [3.8, 4) is 10.6 Å². The van der Waals surface area contributed by atoms with E-state index in [2.05, 4.69) is 15.5 Å². The molecule has 1 amide bonds. The fourth-order valence-corrected chi connectivity index (χ4v) is 4.31. The Bertz CT molecular complexity index is 916. The third-order valence-electron chi connectivity index (χ3n) is 3.27. The minimum Gasteiger partial charge on any atom is -0.300 e. The summed E-state index contributed by atoms with van der Waals surface area (Å²) in [6.45, 7) is 0. The monoisotopic (exact) mass is 443 g/mol. The van der Waals surface area contributed by atoms with Crippen LogP contribution in [0.1, 0.15) is 5.56 Å². The lowest BCUT2D eigenvalue weighted by Crippen LogP contribution is -2.14. The number of amides is 1. The van der Waals surface area contributed by atoms with E-state index in [9.17, 15) is 4.79 Å². The van der Waals surface area contributed by atoms with E-state index >= 15 is 0 Å². The maximum absolute atomic E-state index is 12.1. The smallest absolute Gasteiger partial charge is 0.236 e. The Morgan fingerprint density at radius 1 is 1.04 bits per heavy atom. The average Bonchev–Trinajstić information content (AvgIpc) is 3.06. The standard InChI is InChI=1S/C17H12Cl3N3OS2/c18-12-4-1-10(2-5-12)16-22-23-17(26-16)21-15(24)9-25-8-11-3-6-13(19)7-14(11)20/h1-7H,8-9H2,(H,21,23,24). The summed E-state index contributed by atoms with van der Waals surface area (Å²) in [5, 5.41) is 13.9. The number of carbonyl (C=O) groups excluding carboxylic acids is 1. The first-order valence-electron chi connectivity index (χ1n) is 7.42. The lowest BCUT2D eigenvalue weighted by molar-refractivity contribution is -0.113. The van der Waals surface area contributed by atoms with E-state index < -0.39 is 0 Å². The summed E-state index contributed by atoms with van der Waals surface area (Å²) in [6.07, 6.45) is 0. The summed E-state index contributed by atoms with van der Waals surface area (Å²) in [7, 11) is 0. The highest BCUT2D eigenvalue weighted by Crippen LogP contribution is 2.28. The maximum Gasteiger partial charge on any atom is 0.236 e. The number of hydrogen-bond acceptors (Lipinski definition) is 5. The molecule has 0 aliphatic carbocycles. The molecule has 0 fully saturated rings. The van der Waals surface area contributed by atoms with Crippen LogP contribution in [-0.2, 0) is 10.5 Å². The van der Waals surface area contributed by atoms with Gasteiger partial charge in [0.05, 0.1) is 5.75 Å². The first kappa shape index (κ1) is 19.5. The van der Waals surface area contributed by atoms with Crippen molar-refractivity contribution in [1.29, 1.82) is 0 Å². The van der Waals surface area contributed by atoms with Crippen molar-refractivity contribution < 1.29 is 4.79 Å². The van der Waals surface area contributed by atoms with Gasteiger partial charge in [-0.3, -0.25) is 10.1 Å². The van der Waals surface area contributed by atoms with E-state index in [-0.39, 0.29) is 11.7 Å². The van der Waals surface area contributed by atoms with Crippen LogP contribution in [0, 0.1) is 0 Å². The molecule has 0 saturated heterocycles. The Morgan fingerprint density at radius 2 is 1.77 bits per heavy atom. The van der Waals surface area contributed by atoms with Gasteiger partial charge in [0.2, 0.25) is 11.0 Å². The molecule has 0 radical (unpaired) electrons. The summed E-state index contributed by atoms with van der Waals surface area (Å²) in [4.78, 5) is 12.1. The number of nitrogens with zero attached hydrogens (tertiary/aromatic N) is 2. The molecule has 0 atom stereocenters. The Labute approximate surface area is 173 Å². The SMILES string of the molecule is O=C(CSCc1ccc(Cl)cc1Cl)Nc1nnc(-c2ccc(Cl)cc2)s1. The van der Waals surface area contributed by atoms with Gasteiger partial charge in [-0.25, -0.2) is 0 Å². The largest absolute Gasteiger partial charge is 0.300 e. The van der Waals surface area contributed by atoms with Crippen LogP contribution in [-0.4, -0.2) is 21.9 Å². The molecule has 3 rings (SSSR count). The molecule has 0 spiro atoms. The number of aromatic nitrogens is 2. The van der Waals surface area contributed by atoms with Crippen LogP contribution < -0.4 is 5.32 Å². The summed E-state index contributed by atoms with van der Waals surface area (Å²) < 4.78 is 0. The molecule has 1 N–H and O–H groups in total. The van der Waals surface area contributed by atoms with Crippen LogP contribution in [0.25, 0.3) is 10.6 Å². The minimum absolute atomic E-state index is 0.140. The second kappa shape index (κ2) is 9.06. The third-order valence-corrected chi connectivity index (χ3v) is 5.98. The number of thioether (sulfide) groups is 1. The third kappa shape index (κ3) is 5.34. The fraction of sp³-hybridized carbons (Fsp3) is 0.118. The van der Waals surface area contributed by atoms with Gasteiger partial charge in [-0.1, -0.05) is 64.3 Å². The van der Waals surface area contributed by atoms with E-state index in [1.54, 1.807) is 24.3 Å². The molecule has 0 saturated carbocycles. The van der Waals surface area contributed by atoms with Crippen molar-refractivity contribution in [3.63, 3.8) is 0 Å². The van der Waals surface area contributed by atoms with Crippen LogP contribution in [0.3, 0.4) is 0 Å². The molecule has 0 aliphatic rings. The number of nitrogens with one attached hydrogen (secondary N) is 1. The van der Waals surface area contributed by atoms with Crippen LogP contribution in [0.2, 0.25) is 15.1 Å². The van der Waals surface area contributed by atoms with Crippen LogP contribution in [0.4, 0.5) is 5.13 Å². The molecule has 0 unspecified atom stereocenters. The lowest BCUT2D eigenvalue weighted by Gasteiger charge is -2.04. The Kier molecular flexibility index (Phi) is 6.78. The summed E-state index contributed by atoms with van der Waals surface area (Å²) in [6, 6.07) is 12.6. The molecule has 9 heteroatoms. The molecule has 3 aromatic rings. The van der Waals surface area contributed by atoms with Crippen LogP contribution in [0.5, 0.6) is 0 Å². The zero-order valence-electron chi connectivity index (χ0n) is 13.2. The van der Waals surface area contributed by atoms with Gasteiger partial charge in [-0.15, -0.1) is 22.0 Å². The van der Waals surface area contributed by atoms with Crippen molar-refractivity contribution in [2.24, 2.45) is 0 Å². The number of hydrogen-bond donors (Lipinski definition) is 1. The number of anilines is 1. The fourth-order valence-electron chi connectivity index (χ4n) is 2.03. The normalized spacial score (nSPS) is 10.7. The van der Waals surface area contributed by atoms with Gasteiger partial charge >= 0.3 is 0 Å². The van der Waals surface area contributed by atoms with E-state index in [0.29, 0.717) is 26.0 Å². The van der Waals surface area contributed by atoms with Gasteiger partial charge in [0.25, 0.3) is 0 Å². The Morgan fingerprint density at radius 3 is 2.50 bits per heavy atom. The Hall–Kier alpha value is -1.31. The number of rotatable bonds is 6. The predicted octanol–water partition coefficient (Wildman–Crippen LogP) is 6.04. The molecular formula is C17H12Cl3N3OS2. The Balaban J connectivity index is 1.51. The average molecular weight is 445 g/mol. The zero-order valence-corrected chi connectivity index (χ0v) is 17.1. The van der Waals surface area contributed by atoms with E-state index in [1.165, 1.54) is 23.1 Å². The molecule has 0 bridgehead atoms. The van der Waals surface area contributed by atoms with Crippen LogP contribution >= 0.6 is 57.9 Å². The van der Waals surface area contributed by atoms with Crippen molar-refractivity contribution in [3.05, 3.63) is 63.1 Å². The number of carbonyl (C=O) groups is 1. The number of halogens is 3. The molecular weight excluding hydrogens is 433 g/mol. The molecule has 26 heavy (non-hydrogen) atoms. The quantitative estimate of drug-likeness (QED) is 0.504. The van der Waals surface area contributed by atoms with Gasteiger partial charge < -0.3 is 0 Å². The first-order chi connectivity index (χ1) is 12.5. The van der Waals surface area contributed by atoms with Gasteiger partial charge in [0.1, 0.15) is 5.01 Å². The highest BCUT2D eigenvalue weighted by atomic mass is 35.5. The second-order valence-electron chi connectivity index (χ2n) is 5.20. The lowest BCUT2D eigenvalue weighted by atomic mass is 10.2. The van der Waals surface area contributed by atoms with E-state index in [1.807, 2.05) is 18.2 Å². The molecule has 4 nitrogen and oxygen atoms in total. The highest BCUT2D eigenvalue weighted by molar-refractivity contribution is 7.99. The van der Waals surface area contributed by atoms with Crippen molar-refractivity contribution in [2.75, 3.05) is 11.1 Å². The molecule has 2 aromatic carbocycles. The first-order valence-corrected chi connectivity index (χ1v) is 10.5. The van der Waals surface area contributed by atoms with Crippen molar-refractivity contribution >= 4 is 68.9 Å². The van der Waals surface area contributed by atoms with Gasteiger partial charge in [0, 0.05) is 26.4 Å². The summed E-state index contributed by atoms with van der Waals surface area (Å²) in [5.74, 6) is 0.767. The van der Waals surface area contributed by atoms with Crippen molar-refractivity contribution in [1.82, 2.24) is 10.2 Å². The predicted molar refractivity (Wildman–Crippen MR) is 112 cm³/mol. The summed E-state index contributed by atoms with van der Waals surface area (Å²) in [5.41, 5.74) is 1.84. The molecule has 134 valence electrons. The topological polar surface area (TPSA) is 54.9 Å². The zero-order chi connectivity index (χ0) is 18.5. The minimum atomic E-state index is -0.140. The van der Waals surface area contributed by atoms with E-state index in [0.717, 1.165) is 16.1 Å². The molecule has 1 heterocycles.